The molecule has 1 aliphatic heterocycles. The number of ether oxygens (including phenoxy) is 1. The minimum Gasteiger partial charge on any atom is -0.371 e. The number of carbonyl (C=O) groups is 1. The maximum atomic E-state index is 13.5. The van der Waals surface area contributed by atoms with E-state index in [1.54, 1.807) is 18.3 Å². The first-order valence-electron chi connectivity index (χ1n) is 7.93. The zero-order chi connectivity index (χ0) is 17.4. The lowest BCUT2D eigenvalue weighted by Crippen LogP contribution is -2.37. The standard InChI is InChI=1S/C18H15F2N3O2/c19-13-5-4-10(8-14(13)20)17-15(6-7-25-17)22-18(24)12-3-1-2-11-9-21-23-16(11)12/h1-5,8-9,15,17H,6-7H2,(H,21,23)(H,22,24). The van der Waals surface area contributed by atoms with Crippen molar-refractivity contribution in [2.45, 2.75) is 18.6 Å². The van der Waals surface area contributed by atoms with Crippen LogP contribution in [0, 0.1) is 11.6 Å². The van der Waals surface area contributed by atoms with Gasteiger partial charge in [-0.25, -0.2) is 8.78 Å². The van der Waals surface area contributed by atoms with Crippen molar-refractivity contribution in [1.82, 2.24) is 15.5 Å². The summed E-state index contributed by atoms with van der Waals surface area (Å²) in [5.41, 5.74) is 1.63. The molecule has 0 aliphatic carbocycles. The summed E-state index contributed by atoms with van der Waals surface area (Å²) >= 11 is 0. The van der Waals surface area contributed by atoms with Crippen LogP contribution < -0.4 is 5.32 Å². The summed E-state index contributed by atoms with van der Waals surface area (Å²) < 4.78 is 32.3. The molecule has 0 spiro atoms. The number of aromatic nitrogens is 2. The van der Waals surface area contributed by atoms with Crippen LogP contribution >= 0.6 is 0 Å². The Labute approximate surface area is 142 Å². The molecule has 2 unspecified atom stereocenters. The summed E-state index contributed by atoms with van der Waals surface area (Å²) in [6, 6.07) is 8.68. The van der Waals surface area contributed by atoms with E-state index in [2.05, 4.69) is 15.5 Å². The molecule has 1 saturated heterocycles. The van der Waals surface area contributed by atoms with Crippen LogP contribution in [-0.2, 0) is 4.74 Å². The highest BCUT2D eigenvalue weighted by Gasteiger charge is 2.32. The Hall–Kier alpha value is -2.80. The number of benzene rings is 2. The Morgan fingerprint density at radius 2 is 2.12 bits per heavy atom. The largest absolute Gasteiger partial charge is 0.371 e. The van der Waals surface area contributed by atoms with Crippen molar-refractivity contribution in [1.29, 1.82) is 0 Å². The third kappa shape index (κ3) is 2.87. The number of nitrogens with zero attached hydrogens (tertiary/aromatic N) is 1. The molecular formula is C18H15F2N3O2. The molecule has 1 aromatic heterocycles. The summed E-state index contributed by atoms with van der Waals surface area (Å²) in [7, 11) is 0. The fourth-order valence-electron chi connectivity index (χ4n) is 3.16. The minimum absolute atomic E-state index is 0.266. The van der Waals surface area contributed by atoms with Crippen molar-refractivity contribution in [3.63, 3.8) is 0 Å². The lowest BCUT2D eigenvalue weighted by Gasteiger charge is -2.20. The topological polar surface area (TPSA) is 67.0 Å². The number of fused-ring (bicyclic) bond motifs is 1. The lowest BCUT2D eigenvalue weighted by atomic mass is 10.0. The first-order valence-corrected chi connectivity index (χ1v) is 7.93. The van der Waals surface area contributed by atoms with Gasteiger partial charge in [-0.05, 0) is 30.2 Å². The van der Waals surface area contributed by atoms with E-state index in [1.165, 1.54) is 6.07 Å². The molecule has 2 aromatic carbocycles. The number of H-pyrrole nitrogens is 1. The number of hydrogen-bond acceptors (Lipinski definition) is 3. The third-order valence-corrected chi connectivity index (χ3v) is 4.40. The number of halogens is 2. The molecule has 7 heteroatoms. The number of nitrogens with one attached hydrogen (secondary N) is 2. The second-order valence-corrected chi connectivity index (χ2v) is 5.97. The smallest absolute Gasteiger partial charge is 0.253 e. The highest BCUT2D eigenvalue weighted by atomic mass is 19.2. The van der Waals surface area contributed by atoms with Crippen LogP contribution in [0.25, 0.3) is 10.9 Å². The minimum atomic E-state index is -0.930. The second kappa shape index (κ2) is 6.25. The van der Waals surface area contributed by atoms with E-state index < -0.39 is 17.7 Å². The first kappa shape index (κ1) is 15.7. The number of aromatic amines is 1. The fourth-order valence-corrected chi connectivity index (χ4v) is 3.16. The molecule has 128 valence electrons. The molecule has 1 aliphatic rings. The van der Waals surface area contributed by atoms with Crippen LogP contribution in [0.4, 0.5) is 8.78 Å². The highest BCUT2D eigenvalue weighted by Crippen LogP contribution is 2.30. The average molecular weight is 343 g/mol. The molecule has 0 bridgehead atoms. The van der Waals surface area contributed by atoms with E-state index >= 15 is 0 Å². The van der Waals surface area contributed by atoms with Gasteiger partial charge in [-0.3, -0.25) is 9.89 Å². The predicted molar refractivity (Wildman–Crippen MR) is 87.0 cm³/mol. The van der Waals surface area contributed by atoms with Gasteiger partial charge in [0, 0.05) is 12.0 Å². The highest BCUT2D eigenvalue weighted by molar-refractivity contribution is 6.05. The number of hydrogen-bond donors (Lipinski definition) is 2. The van der Waals surface area contributed by atoms with Gasteiger partial charge in [0.15, 0.2) is 11.6 Å². The molecular weight excluding hydrogens is 328 g/mol. The fraction of sp³-hybridized carbons (Fsp3) is 0.222. The summed E-state index contributed by atoms with van der Waals surface area (Å²) in [6.45, 7) is 0.433. The van der Waals surface area contributed by atoms with Crippen LogP contribution in [0.1, 0.15) is 28.4 Å². The summed E-state index contributed by atoms with van der Waals surface area (Å²) in [5.74, 6) is -2.11. The van der Waals surface area contributed by atoms with Gasteiger partial charge >= 0.3 is 0 Å². The maximum Gasteiger partial charge on any atom is 0.253 e. The van der Waals surface area contributed by atoms with Gasteiger partial charge in [0.25, 0.3) is 5.91 Å². The van der Waals surface area contributed by atoms with Crippen LogP contribution in [0.15, 0.2) is 42.6 Å². The third-order valence-electron chi connectivity index (χ3n) is 4.40. The number of amides is 1. The summed E-state index contributed by atoms with van der Waals surface area (Å²) in [6.07, 6.45) is 1.73. The first-order chi connectivity index (χ1) is 12.1. The van der Waals surface area contributed by atoms with Crippen molar-refractivity contribution >= 4 is 16.8 Å². The lowest BCUT2D eigenvalue weighted by molar-refractivity contribution is 0.0821. The van der Waals surface area contributed by atoms with Crippen LogP contribution in [0.2, 0.25) is 0 Å². The zero-order valence-electron chi connectivity index (χ0n) is 13.1. The second-order valence-electron chi connectivity index (χ2n) is 5.97. The van der Waals surface area contributed by atoms with Crippen LogP contribution in [-0.4, -0.2) is 28.8 Å². The van der Waals surface area contributed by atoms with Crippen molar-refractivity contribution in [2.75, 3.05) is 6.61 Å². The van der Waals surface area contributed by atoms with E-state index in [0.717, 1.165) is 17.5 Å². The molecule has 1 amide bonds. The van der Waals surface area contributed by atoms with Crippen molar-refractivity contribution in [3.05, 3.63) is 65.4 Å². The molecule has 0 radical (unpaired) electrons. The molecule has 3 aromatic rings. The average Bonchev–Trinajstić information content (AvgIpc) is 3.26. The Morgan fingerprint density at radius 1 is 1.24 bits per heavy atom. The van der Waals surface area contributed by atoms with Crippen LogP contribution in [0.3, 0.4) is 0 Å². The molecule has 0 saturated carbocycles. The van der Waals surface area contributed by atoms with E-state index in [-0.39, 0.29) is 11.9 Å². The predicted octanol–water partition coefficient (Wildman–Crippen LogP) is 3.10. The normalized spacial score (nSPS) is 20.1. The quantitative estimate of drug-likeness (QED) is 0.768. The van der Waals surface area contributed by atoms with Gasteiger partial charge in [-0.2, -0.15) is 5.10 Å². The monoisotopic (exact) mass is 343 g/mol. The number of carbonyl (C=O) groups excluding carboxylic acids is 1. The molecule has 25 heavy (non-hydrogen) atoms. The van der Waals surface area contributed by atoms with Gasteiger partial charge in [0.2, 0.25) is 0 Å². The van der Waals surface area contributed by atoms with Gasteiger partial charge in [-0.15, -0.1) is 0 Å². The molecule has 1 fully saturated rings. The molecule has 4 rings (SSSR count). The van der Waals surface area contributed by atoms with Gasteiger partial charge in [-0.1, -0.05) is 18.2 Å². The van der Waals surface area contributed by atoms with Crippen molar-refractivity contribution in [3.8, 4) is 0 Å². The number of rotatable bonds is 3. The Balaban J connectivity index is 1.58. The summed E-state index contributed by atoms with van der Waals surface area (Å²) in [5, 5.41) is 10.5. The van der Waals surface area contributed by atoms with Gasteiger partial charge in [0.05, 0.1) is 23.3 Å². The Morgan fingerprint density at radius 3 is 2.96 bits per heavy atom. The van der Waals surface area contributed by atoms with Gasteiger partial charge in [0.1, 0.15) is 6.10 Å². The van der Waals surface area contributed by atoms with E-state index in [0.29, 0.717) is 29.7 Å². The van der Waals surface area contributed by atoms with E-state index in [9.17, 15) is 13.6 Å². The maximum absolute atomic E-state index is 13.5. The molecule has 2 N–H and O–H groups in total. The molecule has 2 atom stereocenters. The molecule has 2 heterocycles. The SMILES string of the molecule is O=C(NC1CCOC1c1ccc(F)c(F)c1)c1cccc2cn[nH]c12. The van der Waals surface area contributed by atoms with E-state index in [4.69, 9.17) is 4.74 Å². The summed E-state index contributed by atoms with van der Waals surface area (Å²) in [4.78, 5) is 12.7. The number of para-hydroxylation sites is 1. The van der Waals surface area contributed by atoms with Crippen molar-refractivity contribution < 1.29 is 18.3 Å². The van der Waals surface area contributed by atoms with Crippen LogP contribution in [0.5, 0.6) is 0 Å². The molecule has 5 nitrogen and oxygen atoms in total. The zero-order valence-corrected chi connectivity index (χ0v) is 13.1. The van der Waals surface area contributed by atoms with E-state index in [1.807, 2.05) is 6.07 Å². The van der Waals surface area contributed by atoms with Gasteiger partial charge < -0.3 is 10.1 Å². The van der Waals surface area contributed by atoms with Crippen molar-refractivity contribution in [2.24, 2.45) is 0 Å². The Bertz CT molecular complexity index is 941. The Kier molecular flexibility index (Phi) is 3.93.